The summed E-state index contributed by atoms with van der Waals surface area (Å²) < 4.78 is 0. The summed E-state index contributed by atoms with van der Waals surface area (Å²) in [6.07, 6.45) is 1.94. The van der Waals surface area contributed by atoms with Crippen LogP contribution in [0.4, 0.5) is 5.69 Å². The molecule has 112 valence electrons. The number of carbonyl (C=O) groups is 2. The Morgan fingerprint density at radius 1 is 1.14 bits per heavy atom. The SMILES string of the molecule is Nc1cccnc1C(=O)NC1(C(=O)O)Cc2ccccc2C1. The maximum absolute atomic E-state index is 12.4. The molecule has 4 N–H and O–H groups in total. The summed E-state index contributed by atoms with van der Waals surface area (Å²) >= 11 is 0. The zero-order valence-corrected chi connectivity index (χ0v) is 11.7. The molecule has 6 heteroatoms. The van der Waals surface area contributed by atoms with E-state index in [1.165, 1.54) is 6.20 Å². The number of fused-ring (bicyclic) bond motifs is 1. The largest absolute Gasteiger partial charge is 0.479 e. The Kier molecular flexibility index (Phi) is 3.29. The average Bonchev–Trinajstić information content (AvgIpc) is 2.87. The highest BCUT2D eigenvalue weighted by Gasteiger charge is 2.45. The minimum Gasteiger partial charge on any atom is -0.479 e. The Hall–Kier alpha value is -2.89. The number of hydrogen-bond acceptors (Lipinski definition) is 4. The molecule has 22 heavy (non-hydrogen) atoms. The average molecular weight is 297 g/mol. The van der Waals surface area contributed by atoms with Gasteiger partial charge in [0.1, 0.15) is 5.54 Å². The second-order valence-electron chi connectivity index (χ2n) is 5.40. The van der Waals surface area contributed by atoms with Gasteiger partial charge in [0.2, 0.25) is 0 Å². The molecule has 1 aliphatic carbocycles. The highest BCUT2D eigenvalue weighted by atomic mass is 16.4. The maximum Gasteiger partial charge on any atom is 0.330 e. The van der Waals surface area contributed by atoms with Crippen molar-refractivity contribution in [1.82, 2.24) is 10.3 Å². The van der Waals surface area contributed by atoms with Crippen molar-refractivity contribution < 1.29 is 14.7 Å². The number of carboxylic acids is 1. The van der Waals surface area contributed by atoms with E-state index >= 15 is 0 Å². The first-order chi connectivity index (χ1) is 10.5. The number of benzene rings is 1. The van der Waals surface area contributed by atoms with Gasteiger partial charge in [0.15, 0.2) is 5.69 Å². The van der Waals surface area contributed by atoms with Gasteiger partial charge in [-0.05, 0) is 23.3 Å². The fourth-order valence-electron chi connectivity index (χ4n) is 2.79. The first-order valence-electron chi connectivity index (χ1n) is 6.85. The molecule has 1 aromatic carbocycles. The van der Waals surface area contributed by atoms with Crippen LogP contribution in [0.3, 0.4) is 0 Å². The number of nitrogens with one attached hydrogen (secondary N) is 1. The minimum absolute atomic E-state index is 0.0408. The predicted octanol–water partition coefficient (Wildman–Crippen LogP) is 1.02. The molecule has 0 spiro atoms. The summed E-state index contributed by atoms with van der Waals surface area (Å²) in [5, 5.41) is 12.2. The number of rotatable bonds is 3. The van der Waals surface area contributed by atoms with Crippen molar-refractivity contribution in [1.29, 1.82) is 0 Å². The van der Waals surface area contributed by atoms with Crippen LogP contribution in [-0.4, -0.2) is 27.5 Å². The Bertz CT molecular complexity index is 733. The Labute approximate surface area is 127 Å². The van der Waals surface area contributed by atoms with Crippen LogP contribution in [0.5, 0.6) is 0 Å². The van der Waals surface area contributed by atoms with Gasteiger partial charge in [0, 0.05) is 19.0 Å². The van der Waals surface area contributed by atoms with Crippen molar-refractivity contribution in [3.05, 3.63) is 59.4 Å². The summed E-state index contributed by atoms with van der Waals surface area (Å²) in [5.74, 6) is -1.64. The number of carboxylic acid groups (broad SMARTS) is 1. The van der Waals surface area contributed by atoms with Crippen molar-refractivity contribution in [3.8, 4) is 0 Å². The highest BCUT2D eigenvalue weighted by molar-refractivity contribution is 6.00. The van der Waals surface area contributed by atoms with Crippen molar-refractivity contribution in [2.24, 2.45) is 0 Å². The van der Waals surface area contributed by atoms with Crippen LogP contribution < -0.4 is 11.1 Å². The minimum atomic E-state index is -1.36. The number of nitrogen functional groups attached to an aromatic ring is 1. The smallest absolute Gasteiger partial charge is 0.330 e. The van der Waals surface area contributed by atoms with Gasteiger partial charge in [-0.15, -0.1) is 0 Å². The summed E-state index contributed by atoms with van der Waals surface area (Å²) in [7, 11) is 0. The van der Waals surface area contributed by atoms with Crippen LogP contribution in [0, 0.1) is 0 Å². The van der Waals surface area contributed by atoms with E-state index in [1.54, 1.807) is 12.1 Å². The van der Waals surface area contributed by atoms with Gasteiger partial charge >= 0.3 is 5.97 Å². The Morgan fingerprint density at radius 3 is 2.32 bits per heavy atom. The summed E-state index contributed by atoms with van der Waals surface area (Å²) in [6.45, 7) is 0. The lowest BCUT2D eigenvalue weighted by Crippen LogP contribution is -2.55. The third-order valence-electron chi connectivity index (χ3n) is 3.92. The third kappa shape index (κ3) is 2.28. The predicted molar refractivity (Wildman–Crippen MR) is 80.3 cm³/mol. The van der Waals surface area contributed by atoms with Crippen LogP contribution in [0.1, 0.15) is 21.6 Å². The van der Waals surface area contributed by atoms with Gasteiger partial charge in [0.05, 0.1) is 5.69 Å². The van der Waals surface area contributed by atoms with Crippen LogP contribution >= 0.6 is 0 Å². The molecular formula is C16H15N3O3. The number of aliphatic carboxylic acids is 1. The number of nitrogens with zero attached hydrogens (tertiary/aromatic N) is 1. The van der Waals surface area contributed by atoms with Crippen LogP contribution in [0.15, 0.2) is 42.6 Å². The molecule has 3 rings (SSSR count). The van der Waals surface area contributed by atoms with Crippen LogP contribution in [0.25, 0.3) is 0 Å². The quantitative estimate of drug-likeness (QED) is 0.784. The number of pyridine rings is 1. The maximum atomic E-state index is 12.4. The molecule has 0 bridgehead atoms. The number of amides is 1. The number of hydrogen-bond donors (Lipinski definition) is 3. The molecule has 0 saturated carbocycles. The molecule has 1 amide bonds. The topological polar surface area (TPSA) is 105 Å². The van der Waals surface area contributed by atoms with Crippen LogP contribution in [-0.2, 0) is 17.6 Å². The number of nitrogens with two attached hydrogens (primary N) is 1. The molecule has 0 unspecified atom stereocenters. The van der Waals surface area contributed by atoms with E-state index in [9.17, 15) is 14.7 Å². The number of aromatic nitrogens is 1. The molecular weight excluding hydrogens is 282 g/mol. The van der Waals surface area contributed by atoms with Gasteiger partial charge < -0.3 is 16.2 Å². The van der Waals surface area contributed by atoms with Gasteiger partial charge in [-0.25, -0.2) is 9.78 Å². The monoisotopic (exact) mass is 297 g/mol. The third-order valence-corrected chi connectivity index (χ3v) is 3.92. The first kappa shape index (κ1) is 14.1. The Balaban J connectivity index is 1.90. The van der Waals surface area contributed by atoms with E-state index in [0.717, 1.165) is 11.1 Å². The molecule has 0 saturated heterocycles. The van der Waals surface area contributed by atoms with Gasteiger partial charge in [-0.1, -0.05) is 24.3 Å². The molecule has 1 aromatic heterocycles. The summed E-state index contributed by atoms with van der Waals surface area (Å²) in [5.41, 5.74) is 6.49. The second kappa shape index (κ2) is 5.14. The first-order valence-corrected chi connectivity index (χ1v) is 6.85. The second-order valence-corrected chi connectivity index (χ2v) is 5.40. The molecule has 0 atom stereocenters. The van der Waals surface area contributed by atoms with Crippen LogP contribution in [0.2, 0.25) is 0 Å². The standard InChI is InChI=1S/C16H15N3O3/c17-12-6-3-7-18-13(12)14(20)19-16(15(21)22)8-10-4-1-2-5-11(10)9-16/h1-7H,8-9,17H2,(H,19,20)(H,21,22). The van der Waals surface area contributed by atoms with E-state index in [4.69, 9.17) is 5.73 Å². The molecule has 0 aliphatic heterocycles. The van der Waals surface area contributed by atoms with Gasteiger partial charge in [0.25, 0.3) is 5.91 Å². The molecule has 2 aromatic rings. The lowest BCUT2D eigenvalue weighted by atomic mass is 9.95. The normalized spacial score (nSPS) is 15.1. The number of anilines is 1. The fourth-order valence-corrected chi connectivity index (χ4v) is 2.79. The van der Waals surface area contributed by atoms with E-state index in [0.29, 0.717) is 0 Å². The van der Waals surface area contributed by atoms with E-state index in [2.05, 4.69) is 10.3 Å². The Morgan fingerprint density at radius 2 is 1.77 bits per heavy atom. The molecule has 0 radical (unpaired) electrons. The van der Waals surface area contributed by atoms with E-state index in [1.807, 2.05) is 24.3 Å². The zero-order chi connectivity index (χ0) is 15.7. The zero-order valence-electron chi connectivity index (χ0n) is 11.7. The van der Waals surface area contributed by atoms with Gasteiger partial charge in [-0.2, -0.15) is 0 Å². The lowest BCUT2D eigenvalue weighted by molar-refractivity contribution is -0.144. The van der Waals surface area contributed by atoms with Crippen molar-refractivity contribution >= 4 is 17.6 Å². The van der Waals surface area contributed by atoms with E-state index < -0.39 is 17.4 Å². The van der Waals surface area contributed by atoms with Crippen molar-refractivity contribution in [2.45, 2.75) is 18.4 Å². The number of carbonyl (C=O) groups excluding carboxylic acids is 1. The molecule has 6 nitrogen and oxygen atoms in total. The highest BCUT2D eigenvalue weighted by Crippen LogP contribution is 2.30. The van der Waals surface area contributed by atoms with Crippen molar-refractivity contribution in [3.63, 3.8) is 0 Å². The fraction of sp³-hybridized carbons (Fsp3) is 0.188. The molecule has 1 heterocycles. The van der Waals surface area contributed by atoms with E-state index in [-0.39, 0.29) is 24.2 Å². The van der Waals surface area contributed by atoms with Crippen molar-refractivity contribution in [2.75, 3.05) is 5.73 Å². The van der Waals surface area contributed by atoms with Gasteiger partial charge in [-0.3, -0.25) is 4.79 Å². The lowest BCUT2D eigenvalue weighted by Gasteiger charge is -2.25. The molecule has 1 aliphatic rings. The summed E-state index contributed by atoms with van der Waals surface area (Å²) in [4.78, 5) is 28.1. The summed E-state index contributed by atoms with van der Waals surface area (Å²) in [6, 6.07) is 10.6. The molecule has 0 fully saturated rings.